The third kappa shape index (κ3) is 5.14. The molecule has 3 aromatic rings. The van der Waals surface area contributed by atoms with Gasteiger partial charge in [0.2, 0.25) is 5.91 Å². The number of carbonyl (C=O) groups is 1. The SMILES string of the molecule is O=C(Cc1ccc(F)cc1)Nc1cccc(OCc2ccc(F)cc2)c1. The molecule has 0 radical (unpaired) electrons. The quantitative estimate of drug-likeness (QED) is 0.696. The van der Waals surface area contributed by atoms with Gasteiger partial charge in [0.25, 0.3) is 0 Å². The summed E-state index contributed by atoms with van der Waals surface area (Å²) in [5.41, 5.74) is 2.18. The van der Waals surface area contributed by atoms with Crippen molar-refractivity contribution in [2.45, 2.75) is 13.0 Å². The van der Waals surface area contributed by atoms with E-state index in [0.29, 0.717) is 18.0 Å². The molecule has 0 aliphatic heterocycles. The molecule has 3 rings (SSSR count). The number of rotatable bonds is 6. The van der Waals surface area contributed by atoms with Crippen LogP contribution in [0.1, 0.15) is 11.1 Å². The van der Waals surface area contributed by atoms with Crippen molar-refractivity contribution in [3.8, 4) is 5.75 Å². The van der Waals surface area contributed by atoms with Crippen LogP contribution in [0.25, 0.3) is 0 Å². The van der Waals surface area contributed by atoms with Crippen molar-refractivity contribution in [2.24, 2.45) is 0 Å². The normalized spacial score (nSPS) is 10.4. The van der Waals surface area contributed by atoms with Gasteiger partial charge in [-0.3, -0.25) is 4.79 Å². The van der Waals surface area contributed by atoms with Gasteiger partial charge < -0.3 is 10.1 Å². The average molecular weight is 353 g/mol. The molecule has 132 valence electrons. The zero-order valence-electron chi connectivity index (χ0n) is 13.9. The fourth-order valence-corrected chi connectivity index (χ4v) is 2.40. The summed E-state index contributed by atoms with van der Waals surface area (Å²) in [7, 11) is 0. The van der Waals surface area contributed by atoms with E-state index < -0.39 is 0 Å². The molecule has 0 saturated heterocycles. The molecule has 0 aliphatic carbocycles. The van der Waals surface area contributed by atoms with E-state index in [0.717, 1.165) is 11.1 Å². The van der Waals surface area contributed by atoms with Crippen LogP contribution in [0.4, 0.5) is 14.5 Å². The summed E-state index contributed by atoms with van der Waals surface area (Å²) >= 11 is 0. The fraction of sp³-hybridized carbons (Fsp3) is 0.0952. The lowest BCUT2D eigenvalue weighted by atomic mass is 10.1. The van der Waals surface area contributed by atoms with E-state index in [9.17, 15) is 13.6 Å². The van der Waals surface area contributed by atoms with Crippen LogP contribution in [-0.2, 0) is 17.8 Å². The molecule has 3 aromatic carbocycles. The van der Waals surface area contributed by atoms with E-state index in [1.165, 1.54) is 24.3 Å². The van der Waals surface area contributed by atoms with Crippen LogP contribution in [0, 0.1) is 11.6 Å². The fourth-order valence-electron chi connectivity index (χ4n) is 2.40. The van der Waals surface area contributed by atoms with Gasteiger partial charge in [0.1, 0.15) is 24.0 Å². The smallest absolute Gasteiger partial charge is 0.228 e. The second-order valence-electron chi connectivity index (χ2n) is 5.79. The summed E-state index contributed by atoms with van der Waals surface area (Å²) < 4.78 is 31.5. The van der Waals surface area contributed by atoms with Crippen LogP contribution < -0.4 is 10.1 Å². The van der Waals surface area contributed by atoms with Crippen LogP contribution in [0.5, 0.6) is 5.75 Å². The lowest BCUT2D eigenvalue weighted by molar-refractivity contribution is -0.115. The molecular weight excluding hydrogens is 336 g/mol. The number of benzene rings is 3. The molecule has 0 unspecified atom stereocenters. The first-order valence-electron chi connectivity index (χ1n) is 8.10. The predicted molar refractivity (Wildman–Crippen MR) is 95.9 cm³/mol. The Bertz CT molecular complexity index is 877. The average Bonchev–Trinajstić information content (AvgIpc) is 2.63. The second kappa shape index (κ2) is 8.25. The maximum atomic E-state index is 12.9. The number of hydrogen-bond acceptors (Lipinski definition) is 2. The molecule has 0 aromatic heterocycles. The van der Waals surface area contributed by atoms with Gasteiger partial charge in [-0.1, -0.05) is 30.3 Å². The van der Waals surface area contributed by atoms with Crippen LogP contribution in [0.3, 0.4) is 0 Å². The summed E-state index contributed by atoms with van der Waals surface area (Å²) in [6.07, 6.45) is 0.154. The van der Waals surface area contributed by atoms with Gasteiger partial charge in [-0.15, -0.1) is 0 Å². The lowest BCUT2D eigenvalue weighted by Crippen LogP contribution is -2.14. The Morgan fingerprint density at radius 3 is 2.12 bits per heavy atom. The highest BCUT2D eigenvalue weighted by Gasteiger charge is 2.06. The van der Waals surface area contributed by atoms with E-state index in [1.54, 1.807) is 48.5 Å². The van der Waals surface area contributed by atoms with Gasteiger partial charge in [0.15, 0.2) is 0 Å². The van der Waals surface area contributed by atoms with Crippen molar-refractivity contribution >= 4 is 11.6 Å². The first kappa shape index (κ1) is 17.6. The van der Waals surface area contributed by atoms with Crippen molar-refractivity contribution in [3.63, 3.8) is 0 Å². The van der Waals surface area contributed by atoms with Crippen molar-refractivity contribution in [2.75, 3.05) is 5.32 Å². The Morgan fingerprint density at radius 1 is 0.846 bits per heavy atom. The molecule has 1 amide bonds. The Labute approximate surface area is 150 Å². The van der Waals surface area contributed by atoms with Gasteiger partial charge in [0.05, 0.1) is 6.42 Å². The third-order valence-corrected chi connectivity index (χ3v) is 3.71. The highest BCUT2D eigenvalue weighted by molar-refractivity contribution is 5.92. The number of hydrogen-bond donors (Lipinski definition) is 1. The highest BCUT2D eigenvalue weighted by atomic mass is 19.1. The number of anilines is 1. The summed E-state index contributed by atoms with van der Waals surface area (Å²) in [5.74, 6) is -0.235. The summed E-state index contributed by atoms with van der Waals surface area (Å²) in [6.45, 7) is 0.299. The maximum absolute atomic E-state index is 12.9. The predicted octanol–water partition coefficient (Wildman–Crippen LogP) is 4.73. The topological polar surface area (TPSA) is 38.3 Å². The largest absolute Gasteiger partial charge is 0.489 e. The van der Waals surface area contributed by atoms with Crippen LogP contribution in [-0.4, -0.2) is 5.91 Å². The minimum Gasteiger partial charge on any atom is -0.489 e. The first-order valence-corrected chi connectivity index (χ1v) is 8.10. The summed E-state index contributed by atoms with van der Waals surface area (Å²) in [5, 5.41) is 2.79. The molecule has 0 fully saturated rings. The standard InChI is InChI=1S/C21H17F2NO2/c22-17-8-4-15(5-9-17)12-21(25)24-19-2-1-3-20(13-19)26-14-16-6-10-18(23)11-7-16/h1-11,13H,12,14H2,(H,24,25). The molecular formula is C21H17F2NO2. The third-order valence-electron chi connectivity index (χ3n) is 3.71. The van der Waals surface area contributed by atoms with Gasteiger partial charge in [-0.2, -0.15) is 0 Å². The Kier molecular flexibility index (Phi) is 5.59. The molecule has 0 heterocycles. The van der Waals surface area contributed by atoms with Gasteiger partial charge in [0, 0.05) is 11.8 Å². The van der Waals surface area contributed by atoms with Crippen molar-refractivity contribution in [3.05, 3.63) is 95.6 Å². The van der Waals surface area contributed by atoms with Crippen LogP contribution in [0.15, 0.2) is 72.8 Å². The number of nitrogens with one attached hydrogen (secondary N) is 1. The van der Waals surface area contributed by atoms with Crippen LogP contribution >= 0.6 is 0 Å². The van der Waals surface area contributed by atoms with Gasteiger partial charge in [-0.05, 0) is 47.5 Å². The number of halogens is 2. The van der Waals surface area contributed by atoms with Crippen LogP contribution in [0.2, 0.25) is 0 Å². The molecule has 0 spiro atoms. The van der Waals surface area contributed by atoms with Crippen molar-refractivity contribution < 1.29 is 18.3 Å². The molecule has 26 heavy (non-hydrogen) atoms. The monoisotopic (exact) mass is 353 g/mol. The Hall–Kier alpha value is -3.21. The Morgan fingerprint density at radius 2 is 1.46 bits per heavy atom. The van der Waals surface area contributed by atoms with E-state index in [-0.39, 0.29) is 24.0 Å². The van der Waals surface area contributed by atoms with Crippen molar-refractivity contribution in [1.82, 2.24) is 0 Å². The summed E-state index contributed by atoms with van der Waals surface area (Å²) in [6, 6.07) is 18.9. The molecule has 0 saturated carbocycles. The van der Waals surface area contributed by atoms with E-state index in [2.05, 4.69) is 5.32 Å². The maximum Gasteiger partial charge on any atom is 0.228 e. The number of carbonyl (C=O) groups excluding carboxylic acids is 1. The molecule has 0 bridgehead atoms. The van der Waals surface area contributed by atoms with Gasteiger partial charge >= 0.3 is 0 Å². The number of amides is 1. The minimum absolute atomic E-state index is 0.154. The summed E-state index contributed by atoms with van der Waals surface area (Å²) in [4.78, 5) is 12.1. The molecule has 0 aliphatic rings. The molecule has 0 atom stereocenters. The Balaban J connectivity index is 1.57. The van der Waals surface area contributed by atoms with E-state index in [1.807, 2.05) is 0 Å². The second-order valence-corrected chi connectivity index (χ2v) is 5.79. The molecule has 5 heteroatoms. The highest BCUT2D eigenvalue weighted by Crippen LogP contribution is 2.19. The van der Waals surface area contributed by atoms with E-state index >= 15 is 0 Å². The number of ether oxygens (including phenoxy) is 1. The molecule has 1 N–H and O–H groups in total. The minimum atomic E-state index is -0.333. The van der Waals surface area contributed by atoms with Gasteiger partial charge in [-0.25, -0.2) is 8.78 Å². The zero-order valence-corrected chi connectivity index (χ0v) is 13.9. The lowest BCUT2D eigenvalue weighted by Gasteiger charge is -2.09. The van der Waals surface area contributed by atoms with Crippen molar-refractivity contribution in [1.29, 1.82) is 0 Å². The molecule has 3 nitrogen and oxygen atoms in total. The first-order chi connectivity index (χ1) is 12.6. The zero-order chi connectivity index (χ0) is 18.4. The van der Waals surface area contributed by atoms with E-state index in [4.69, 9.17) is 4.74 Å².